The van der Waals surface area contributed by atoms with E-state index < -0.39 is 37.1 Å². The SMILES string of the molecule is CC(C)(C)OC(=O)N(COCC[Si](C)(C)C)C1=NC(C)(c2cc(Br)ccc2F)C=C(C(=O)O)S1. The first-order valence-electron chi connectivity index (χ1n) is 10.8. The average molecular weight is 576 g/mol. The van der Waals surface area contributed by atoms with Crippen molar-refractivity contribution >= 4 is 53.0 Å². The monoisotopic (exact) mass is 574 g/mol. The van der Waals surface area contributed by atoms with Crippen LogP contribution >= 0.6 is 27.7 Å². The molecule has 1 unspecified atom stereocenters. The van der Waals surface area contributed by atoms with Gasteiger partial charge in [0.25, 0.3) is 0 Å². The number of ether oxygens (including phenoxy) is 2. The molecule has 1 atom stereocenters. The number of hydrogen-bond acceptors (Lipinski definition) is 6. The third-order valence-corrected chi connectivity index (χ3v) is 7.89. The Balaban J connectivity index is 2.50. The minimum absolute atomic E-state index is 0.0593. The minimum atomic E-state index is -1.37. The number of carbonyl (C=O) groups excluding carboxylic acids is 1. The van der Waals surface area contributed by atoms with E-state index in [0.29, 0.717) is 11.1 Å². The largest absolute Gasteiger partial charge is 0.477 e. The van der Waals surface area contributed by atoms with Crippen LogP contribution in [0.1, 0.15) is 33.3 Å². The fourth-order valence-electron chi connectivity index (χ4n) is 2.92. The summed E-state index contributed by atoms with van der Waals surface area (Å²) in [7, 11) is -1.37. The predicted octanol–water partition coefficient (Wildman–Crippen LogP) is 6.42. The van der Waals surface area contributed by atoms with Crippen molar-refractivity contribution in [3.8, 4) is 0 Å². The summed E-state index contributed by atoms with van der Waals surface area (Å²) in [4.78, 5) is 30.8. The van der Waals surface area contributed by atoms with Gasteiger partial charge in [0.2, 0.25) is 0 Å². The molecule has 1 aromatic rings. The Bertz CT molecular complexity index is 1010. The number of halogens is 2. The lowest BCUT2D eigenvalue weighted by Crippen LogP contribution is -2.43. The van der Waals surface area contributed by atoms with Gasteiger partial charge in [-0.05, 0) is 69.8 Å². The first-order valence-corrected chi connectivity index (χ1v) is 16.1. The Morgan fingerprint density at radius 2 is 1.94 bits per heavy atom. The summed E-state index contributed by atoms with van der Waals surface area (Å²) < 4.78 is 26.7. The summed E-state index contributed by atoms with van der Waals surface area (Å²) in [6, 6.07) is 5.26. The minimum Gasteiger partial charge on any atom is -0.477 e. The van der Waals surface area contributed by atoms with Gasteiger partial charge in [-0.1, -0.05) is 35.6 Å². The molecule has 0 aliphatic carbocycles. The van der Waals surface area contributed by atoms with Crippen LogP contribution < -0.4 is 0 Å². The molecule has 1 aliphatic heterocycles. The van der Waals surface area contributed by atoms with Crippen LogP contribution in [0.2, 0.25) is 25.7 Å². The number of aliphatic carboxylic acids is 1. The zero-order valence-electron chi connectivity index (χ0n) is 20.6. The van der Waals surface area contributed by atoms with Crippen LogP contribution in [0.5, 0.6) is 0 Å². The quantitative estimate of drug-likeness (QED) is 0.229. The molecule has 7 nitrogen and oxygen atoms in total. The number of carbonyl (C=O) groups is 2. The normalized spacial score (nSPS) is 18.7. The van der Waals surface area contributed by atoms with E-state index in [0.717, 1.165) is 17.8 Å². The van der Waals surface area contributed by atoms with Crippen LogP contribution in [0.3, 0.4) is 0 Å². The van der Waals surface area contributed by atoms with Crippen molar-refractivity contribution in [2.75, 3.05) is 13.3 Å². The van der Waals surface area contributed by atoms with Crippen molar-refractivity contribution in [2.45, 2.75) is 64.5 Å². The lowest BCUT2D eigenvalue weighted by molar-refractivity contribution is -0.131. The maximum atomic E-state index is 14.8. The van der Waals surface area contributed by atoms with Crippen LogP contribution in [0, 0.1) is 5.82 Å². The summed E-state index contributed by atoms with van der Waals surface area (Å²) in [5.74, 6) is -1.75. The van der Waals surface area contributed by atoms with Crippen LogP contribution in [0.15, 0.2) is 38.6 Å². The third-order valence-electron chi connectivity index (χ3n) is 4.69. The van der Waals surface area contributed by atoms with Crippen LogP contribution in [0.4, 0.5) is 9.18 Å². The Hall–Kier alpha value is -1.69. The summed E-state index contributed by atoms with van der Waals surface area (Å²) in [6.07, 6.45) is 0.656. The molecule has 188 valence electrons. The maximum absolute atomic E-state index is 14.8. The number of hydrogen-bond donors (Lipinski definition) is 1. The van der Waals surface area contributed by atoms with Gasteiger partial charge in [0, 0.05) is 24.7 Å². The Morgan fingerprint density at radius 1 is 1.29 bits per heavy atom. The summed E-state index contributed by atoms with van der Waals surface area (Å²) >= 11 is 4.13. The number of amidine groups is 1. The zero-order chi connectivity index (χ0) is 25.9. The second-order valence-electron chi connectivity index (χ2n) is 10.3. The summed E-state index contributed by atoms with van der Waals surface area (Å²) in [5, 5.41) is 9.82. The van der Waals surface area contributed by atoms with Crippen molar-refractivity contribution < 1.29 is 28.6 Å². The number of nitrogens with zero attached hydrogens (tertiary/aromatic N) is 2. The van der Waals surface area contributed by atoms with E-state index >= 15 is 0 Å². The molecule has 0 fully saturated rings. The number of aliphatic imine (C=N–C) groups is 1. The predicted molar refractivity (Wildman–Crippen MR) is 139 cm³/mol. The highest BCUT2D eigenvalue weighted by molar-refractivity contribution is 9.10. The summed E-state index contributed by atoms with van der Waals surface area (Å²) in [5.41, 5.74) is -2.00. The highest BCUT2D eigenvalue weighted by Gasteiger charge is 2.38. The van der Waals surface area contributed by atoms with Crippen LogP contribution in [-0.4, -0.2) is 54.2 Å². The highest BCUT2D eigenvalue weighted by atomic mass is 79.9. The van der Waals surface area contributed by atoms with E-state index in [2.05, 4.69) is 40.6 Å². The van der Waals surface area contributed by atoms with Crippen molar-refractivity contribution in [1.29, 1.82) is 0 Å². The van der Waals surface area contributed by atoms with Gasteiger partial charge in [0.05, 0.1) is 4.91 Å². The molecule has 1 aromatic carbocycles. The van der Waals surface area contributed by atoms with Crippen molar-refractivity contribution in [3.63, 3.8) is 0 Å². The van der Waals surface area contributed by atoms with Gasteiger partial charge in [0.15, 0.2) is 5.17 Å². The second kappa shape index (κ2) is 10.9. The highest BCUT2D eigenvalue weighted by Crippen LogP contribution is 2.40. The lowest BCUT2D eigenvalue weighted by atomic mass is 9.91. The second-order valence-corrected chi connectivity index (χ2v) is 17.9. The Morgan fingerprint density at radius 3 is 2.50 bits per heavy atom. The van der Waals surface area contributed by atoms with E-state index in [1.165, 1.54) is 17.0 Å². The van der Waals surface area contributed by atoms with Crippen LogP contribution in [0.25, 0.3) is 0 Å². The van der Waals surface area contributed by atoms with Gasteiger partial charge in [-0.25, -0.2) is 23.9 Å². The molecule has 1 aliphatic rings. The van der Waals surface area contributed by atoms with Gasteiger partial charge in [-0.15, -0.1) is 0 Å². The van der Waals surface area contributed by atoms with Gasteiger partial charge < -0.3 is 14.6 Å². The number of benzene rings is 1. The Kier molecular flexibility index (Phi) is 9.17. The van der Waals surface area contributed by atoms with Crippen molar-refractivity contribution in [3.05, 3.63) is 45.0 Å². The topological polar surface area (TPSA) is 88.4 Å². The van der Waals surface area contributed by atoms with E-state index in [1.807, 2.05) is 0 Å². The first kappa shape index (κ1) is 28.5. The number of rotatable bonds is 7. The number of carboxylic acids is 1. The van der Waals surface area contributed by atoms with Crippen molar-refractivity contribution in [2.24, 2.45) is 4.99 Å². The molecule has 0 saturated heterocycles. The number of carboxylic acid groups (broad SMARTS) is 1. The molecule has 0 spiro atoms. The van der Waals surface area contributed by atoms with E-state index in [1.54, 1.807) is 39.8 Å². The van der Waals surface area contributed by atoms with E-state index in [-0.39, 0.29) is 22.4 Å². The molecule has 1 heterocycles. The Labute approximate surface area is 213 Å². The van der Waals surface area contributed by atoms with Gasteiger partial charge in [0.1, 0.15) is 23.7 Å². The molecule has 1 amide bonds. The maximum Gasteiger partial charge on any atom is 0.418 e. The molecule has 0 radical (unpaired) electrons. The fourth-order valence-corrected chi connectivity index (χ4v) is 5.08. The summed E-state index contributed by atoms with van der Waals surface area (Å²) in [6.45, 7) is 13.7. The number of amides is 1. The molecule has 2 rings (SSSR count). The van der Waals surface area contributed by atoms with Gasteiger partial charge in [-0.2, -0.15) is 0 Å². The van der Waals surface area contributed by atoms with E-state index in [9.17, 15) is 19.1 Å². The molecule has 0 aromatic heterocycles. The molecular formula is C23H32BrFN2O5SSi. The van der Waals surface area contributed by atoms with Gasteiger partial charge in [-0.3, -0.25) is 0 Å². The molecule has 0 bridgehead atoms. The molecule has 0 saturated carbocycles. The molecule has 1 N–H and O–H groups in total. The molecule has 11 heteroatoms. The first-order chi connectivity index (χ1) is 15.5. The average Bonchev–Trinajstić information content (AvgIpc) is 2.67. The smallest absolute Gasteiger partial charge is 0.418 e. The van der Waals surface area contributed by atoms with Crippen LogP contribution in [-0.2, 0) is 19.8 Å². The van der Waals surface area contributed by atoms with Gasteiger partial charge >= 0.3 is 12.1 Å². The third kappa shape index (κ3) is 8.21. The fraction of sp³-hybridized carbons (Fsp3) is 0.522. The lowest BCUT2D eigenvalue weighted by Gasteiger charge is -2.33. The molecule has 34 heavy (non-hydrogen) atoms. The van der Waals surface area contributed by atoms with E-state index in [4.69, 9.17) is 9.47 Å². The molecular weight excluding hydrogens is 543 g/mol. The number of thioether (sulfide) groups is 1. The zero-order valence-corrected chi connectivity index (χ0v) is 24.0. The standard InChI is InChI=1S/C23H32BrFN2O5SSi/c1-22(2,3)32-21(30)27(14-31-10-11-34(5,6)7)20-26-23(4,13-18(33-20)19(28)29)16-12-15(24)8-9-17(16)25/h8-9,12-13H,10-11,14H2,1-7H3,(H,28,29). The van der Waals surface area contributed by atoms with Crippen molar-refractivity contribution in [1.82, 2.24) is 4.90 Å².